The maximum atomic E-state index is 8.42. The van der Waals surface area contributed by atoms with Crippen molar-refractivity contribution in [3.8, 4) is 6.19 Å². The van der Waals surface area contributed by atoms with Gasteiger partial charge in [-0.05, 0) is 6.92 Å². The lowest BCUT2D eigenvalue weighted by molar-refractivity contribution is 0.772. The van der Waals surface area contributed by atoms with Gasteiger partial charge in [0.1, 0.15) is 0 Å². The Balaban J connectivity index is 2.12. The fraction of sp³-hybridized carbons (Fsp3) is 0.500. The highest BCUT2D eigenvalue weighted by Gasteiger charge is 2.00. The number of hydrogen-bond donors (Lipinski definition) is 4. The third-order valence-corrected chi connectivity index (χ3v) is 3.10. The van der Waals surface area contributed by atoms with E-state index in [0.717, 1.165) is 29.4 Å². The van der Waals surface area contributed by atoms with Crippen LogP contribution in [-0.2, 0) is 5.75 Å². The van der Waals surface area contributed by atoms with Gasteiger partial charge in [-0.1, -0.05) is 0 Å². The molecule has 0 radical (unpaired) electrons. The summed E-state index contributed by atoms with van der Waals surface area (Å²) in [4.78, 5) is 7.27. The van der Waals surface area contributed by atoms with Crippen LogP contribution in [0.1, 0.15) is 11.4 Å². The number of hydrazone groups is 1. The van der Waals surface area contributed by atoms with Gasteiger partial charge in [0.25, 0.3) is 0 Å². The first-order chi connectivity index (χ1) is 8.77. The van der Waals surface area contributed by atoms with Gasteiger partial charge < -0.3 is 15.7 Å². The van der Waals surface area contributed by atoms with Crippen LogP contribution in [0, 0.1) is 18.4 Å². The van der Waals surface area contributed by atoms with E-state index in [1.54, 1.807) is 31.3 Å². The number of nitrogens with one attached hydrogen (secondary N) is 4. The number of H-pyrrole nitrogens is 1. The quantitative estimate of drug-likeness (QED) is 0.146. The van der Waals surface area contributed by atoms with Crippen LogP contribution in [0.4, 0.5) is 0 Å². The number of aromatic nitrogens is 2. The lowest BCUT2D eigenvalue weighted by Gasteiger charge is -2.04. The Morgan fingerprint density at radius 1 is 1.67 bits per heavy atom. The normalized spacial score (nSPS) is 10.8. The van der Waals surface area contributed by atoms with Crippen LogP contribution in [0.15, 0.2) is 11.4 Å². The molecule has 1 aromatic rings. The molecule has 0 aliphatic heterocycles. The zero-order valence-electron chi connectivity index (χ0n) is 10.4. The smallest absolute Gasteiger partial charge is 0.226 e. The molecule has 0 aliphatic rings. The van der Waals surface area contributed by atoms with Gasteiger partial charge in [0.15, 0.2) is 6.19 Å². The van der Waals surface area contributed by atoms with Crippen LogP contribution in [0.5, 0.6) is 0 Å². The topological polar surface area (TPSA) is 101 Å². The van der Waals surface area contributed by atoms with Crippen molar-refractivity contribution < 1.29 is 0 Å². The van der Waals surface area contributed by atoms with Crippen LogP contribution in [0.2, 0.25) is 0 Å². The average Bonchev–Trinajstić information content (AvgIpc) is 2.78. The van der Waals surface area contributed by atoms with Crippen LogP contribution in [0.3, 0.4) is 0 Å². The van der Waals surface area contributed by atoms with Crippen molar-refractivity contribution in [1.29, 1.82) is 5.26 Å². The molecule has 18 heavy (non-hydrogen) atoms. The highest BCUT2D eigenvalue weighted by Crippen LogP contribution is 2.11. The minimum absolute atomic E-state index is 0.408. The molecule has 7 nitrogen and oxygen atoms in total. The van der Waals surface area contributed by atoms with Crippen molar-refractivity contribution in [3.05, 3.63) is 17.7 Å². The van der Waals surface area contributed by atoms with Crippen LogP contribution in [0.25, 0.3) is 0 Å². The number of aryl methyl sites for hydroxylation is 1. The highest BCUT2D eigenvalue weighted by molar-refractivity contribution is 7.98. The predicted molar refractivity (Wildman–Crippen MR) is 72.7 cm³/mol. The molecule has 0 unspecified atom stereocenters. The molecule has 0 fully saturated rings. The monoisotopic (exact) mass is 267 g/mol. The van der Waals surface area contributed by atoms with Crippen LogP contribution < -0.4 is 16.1 Å². The van der Waals surface area contributed by atoms with E-state index in [1.165, 1.54) is 0 Å². The van der Waals surface area contributed by atoms with E-state index in [9.17, 15) is 0 Å². The first-order valence-electron chi connectivity index (χ1n) is 5.48. The lowest BCUT2D eigenvalue weighted by Crippen LogP contribution is -2.33. The molecule has 1 aromatic heterocycles. The van der Waals surface area contributed by atoms with Gasteiger partial charge in [0.05, 0.1) is 12.0 Å². The number of imidazole rings is 1. The molecular formula is C10H17N7S. The molecule has 0 spiro atoms. The van der Waals surface area contributed by atoms with Crippen molar-refractivity contribution in [2.45, 2.75) is 12.7 Å². The number of hydrogen-bond acceptors (Lipinski definition) is 5. The first-order valence-corrected chi connectivity index (χ1v) is 6.63. The summed E-state index contributed by atoms with van der Waals surface area (Å²) in [5.74, 6) is 2.21. The molecule has 98 valence electrons. The molecule has 8 heteroatoms. The molecular weight excluding hydrogens is 250 g/mol. The minimum atomic E-state index is 0.408. The number of nitrogens with zero attached hydrogens (tertiary/aromatic N) is 3. The summed E-state index contributed by atoms with van der Waals surface area (Å²) in [6, 6.07) is 0. The van der Waals surface area contributed by atoms with Gasteiger partial charge in [-0.2, -0.15) is 17.0 Å². The summed E-state index contributed by atoms with van der Waals surface area (Å²) in [5, 5.41) is 17.6. The van der Waals surface area contributed by atoms with Crippen LogP contribution >= 0.6 is 11.8 Å². The summed E-state index contributed by atoms with van der Waals surface area (Å²) >= 11 is 1.78. The summed E-state index contributed by atoms with van der Waals surface area (Å²) in [6.45, 7) is 2.74. The van der Waals surface area contributed by atoms with Crippen molar-refractivity contribution in [1.82, 2.24) is 26.0 Å². The Morgan fingerprint density at radius 2 is 2.50 bits per heavy atom. The van der Waals surface area contributed by atoms with E-state index in [1.807, 2.05) is 6.92 Å². The fourth-order valence-corrected chi connectivity index (χ4v) is 2.02. The van der Waals surface area contributed by atoms with Gasteiger partial charge in [0.2, 0.25) is 5.96 Å². The number of thioether (sulfide) groups is 1. The van der Waals surface area contributed by atoms with Crippen LogP contribution in [-0.4, -0.2) is 35.3 Å². The van der Waals surface area contributed by atoms with Crippen molar-refractivity contribution in [3.63, 3.8) is 0 Å². The highest BCUT2D eigenvalue weighted by atomic mass is 32.2. The summed E-state index contributed by atoms with van der Waals surface area (Å²) in [5.41, 5.74) is 5.08. The Kier molecular flexibility index (Phi) is 6.50. The molecule has 0 bridgehead atoms. The van der Waals surface area contributed by atoms with E-state index in [0.29, 0.717) is 5.96 Å². The second kappa shape index (κ2) is 8.25. The Bertz CT molecular complexity index is 420. The zero-order chi connectivity index (χ0) is 13.2. The summed E-state index contributed by atoms with van der Waals surface area (Å²) in [7, 11) is 1.69. The summed E-state index contributed by atoms with van der Waals surface area (Å²) < 4.78 is 0. The minimum Gasteiger partial charge on any atom is -0.357 e. The molecule has 1 rings (SSSR count). The third-order valence-electron chi connectivity index (χ3n) is 2.13. The van der Waals surface area contributed by atoms with E-state index >= 15 is 0 Å². The van der Waals surface area contributed by atoms with E-state index in [2.05, 4.69) is 31.1 Å². The largest absolute Gasteiger partial charge is 0.357 e. The molecule has 0 saturated carbocycles. The Hall–Kier alpha value is -1.88. The van der Waals surface area contributed by atoms with Gasteiger partial charge >= 0.3 is 0 Å². The number of nitriles is 1. The van der Waals surface area contributed by atoms with Gasteiger partial charge in [-0.3, -0.25) is 5.32 Å². The van der Waals surface area contributed by atoms with Gasteiger partial charge in [-0.25, -0.2) is 4.98 Å². The lowest BCUT2D eigenvalue weighted by atomic mass is 10.4. The van der Waals surface area contributed by atoms with Gasteiger partial charge in [0, 0.05) is 30.8 Å². The Morgan fingerprint density at radius 3 is 3.11 bits per heavy atom. The molecule has 0 amide bonds. The Labute approximate surface area is 110 Å². The second-order valence-corrected chi connectivity index (χ2v) is 4.49. The zero-order valence-corrected chi connectivity index (χ0v) is 11.3. The second-order valence-electron chi connectivity index (χ2n) is 3.38. The van der Waals surface area contributed by atoms with E-state index in [4.69, 9.17) is 5.26 Å². The summed E-state index contributed by atoms with van der Waals surface area (Å²) in [6.07, 6.45) is 3.50. The third kappa shape index (κ3) is 4.97. The maximum absolute atomic E-state index is 8.42. The first kappa shape index (κ1) is 14.2. The van der Waals surface area contributed by atoms with Crippen molar-refractivity contribution in [2.75, 3.05) is 19.3 Å². The van der Waals surface area contributed by atoms with Crippen molar-refractivity contribution in [2.24, 2.45) is 5.10 Å². The fourth-order valence-electron chi connectivity index (χ4n) is 1.15. The molecule has 0 aromatic carbocycles. The number of guanidine groups is 1. The predicted octanol–water partition coefficient (Wildman–Crippen LogP) is 0.102. The standard InChI is InChI=1S/C10H17N7S/c1-8-9(15-7-14-8)5-18-4-3-16-17-10(12-2)13-6-11/h7,16H,3-5H2,1-2H3,(H,14,15)(H2,12,13,17). The number of rotatable bonds is 6. The molecule has 1 heterocycles. The SMILES string of the molecule is CN/C(=N\NCCSCc1nc[nH]c1C)NC#N. The van der Waals surface area contributed by atoms with E-state index < -0.39 is 0 Å². The number of aromatic amines is 1. The van der Waals surface area contributed by atoms with Crippen molar-refractivity contribution >= 4 is 17.7 Å². The maximum Gasteiger partial charge on any atom is 0.226 e. The molecule has 0 aliphatic carbocycles. The molecule has 0 atom stereocenters. The molecule has 0 saturated heterocycles. The average molecular weight is 267 g/mol. The van der Waals surface area contributed by atoms with Gasteiger partial charge in [-0.15, -0.1) is 5.10 Å². The van der Waals surface area contributed by atoms with E-state index in [-0.39, 0.29) is 0 Å². The molecule has 4 N–H and O–H groups in total.